The van der Waals surface area contributed by atoms with Crippen LogP contribution in [0.5, 0.6) is 0 Å². The van der Waals surface area contributed by atoms with E-state index in [-0.39, 0.29) is 18.4 Å². The summed E-state index contributed by atoms with van der Waals surface area (Å²) in [6.45, 7) is -0.441. The highest BCUT2D eigenvalue weighted by atomic mass is 127. The number of hydrogen-bond donors (Lipinski definition) is 2. The van der Waals surface area contributed by atoms with E-state index in [0.29, 0.717) is 15.7 Å². The lowest BCUT2D eigenvalue weighted by Gasteiger charge is -2.24. The first-order chi connectivity index (χ1) is 15.8. The smallest absolute Gasteiger partial charge is 0.407 e. The lowest BCUT2D eigenvalue weighted by Crippen LogP contribution is -2.41. The molecular weight excluding hydrogens is 547 g/mol. The maximum absolute atomic E-state index is 14.7. The molecule has 2 unspecified atom stereocenters. The second kappa shape index (κ2) is 10.3. The number of fused-ring (bicyclic) bond motifs is 1. The molecule has 3 aromatic rings. The fraction of sp³-hybridized carbons (Fsp3) is 0.391. The number of halogens is 3. The van der Waals surface area contributed by atoms with Crippen molar-refractivity contribution in [1.82, 2.24) is 15.1 Å². The van der Waals surface area contributed by atoms with Crippen molar-refractivity contribution in [2.75, 3.05) is 13.2 Å². The maximum Gasteiger partial charge on any atom is 0.407 e. The molecule has 1 saturated heterocycles. The third-order valence-corrected chi connectivity index (χ3v) is 6.31. The first kappa shape index (κ1) is 23.8. The highest BCUT2D eigenvalue weighted by Crippen LogP contribution is 2.35. The minimum atomic E-state index is -3.60. The Labute approximate surface area is 203 Å². The zero-order valence-electron chi connectivity index (χ0n) is 17.7. The van der Waals surface area contributed by atoms with E-state index in [2.05, 4.69) is 5.10 Å². The molecule has 1 aliphatic heterocycles. The number of aromatic nitrogens is 2. The molecule has 0 bridgehead atoms. The highest BCUT2D eigenvalue weighted by Gasteiger charge is 2.40. The van der Waals surface area contributed by atoms with Crippen LogP contribution in [0.4, 0.5) is 13.6 Å². The number of nitrogens with one attached hydrogen (secondary N) is 1. The molecule has 1 aliphatic rings. The number of alkyl carbamates (subject to hydrolysis) is 1. The minimum Gasteiger partial charge on any atom is -0.445 e. The van der Waals surface area contributed by atoms with Crippen molar-refractivity contribution in [2.45, 2.75) is 44.1 Å². The minimum absolute atomic E-state index is 0.0361. The van der Waals surface area contributed by atoms with Gasteiger partial charge in [0.05, 0.1) is 12.1 Å². The van der Waals surface area contributed by atoms with Gasteiger partial charge in [-0.15, -0.1) is 0 Å². The van der Waals surface area contributed by atoms with Gasteiger partial charge in [-0.25, -0.2) is 18.3 Å². The fourth-order valence-electron chi connectivity index (χ4n) is 3.73. The molecule has 2 atom stereocenters. The summed E-state index contributed by atoms with van der Waals surface area (Å²) in [6.07, 6.45) is -0.404. The molecular formula is C23H24F2IN3O4. The third kappa shape index (κ3) is 5.61. The van der Waals surface area contributed by atoms with Crippen LogP contribution in [0.15, 0.2) is 48.5 Å². The van der Waals surface area contributed by atoms with Crippen LogP contribution in [0.25, 0.3) is 10.9 Å². The van der Waals surface area contributed by atoms with Crippen LogP contribution in [0, 0.1) is 3.70 Å². The van der Waals surface area contributed by atoms with E-state index < -0.39 is 24.7 Å². The lowest BCUT2D eigenvalue weighted by molar-refractivity contribution is -0.107. The van der Waals surface area contributed by atoms with Crippen LogP contribution in [-0.2, 0) is 16.1 Å². The number of amides is 1. The number of benzene rings is 2. The summed E-state index contributed by atoms with van der Waals surface area (Å²) in [7, 11) is 0. The third-order valence-electron chi connectivity index (χ3n) is 5.51. The SMILES string of the molecule is O=C(NCC(F)(F)C(O)c1ccc2c(c1)c(I)nn2C1CCCCO1)OCc1ccccc1. The highest BCUT2D eigenvalue weighted by molar-refractivity contribution is 14.1. The van der Waals surface area contributed by atoms with E-state index in [1.54, 1.807) is 35.0 Å². The Bertz CT molecular complexity index is 1100. The van der Waals surface area contributed by atoms with Gasteiger partial charge >= 0.3 is 6.09 Å². The Balaban J connectivity index is 1.41. The molecule has 7 nitrogen and oxygen atoms in total. The van der Waals surface area contributed by atoms with Crippen molar-refractivity contribution < 1.29 is 28.2 Å². The summed E-state index contributed by atoms with van der Waals surface area (Å²) < 4.78 is 42.5. The van der Waals surface area contributed by atoms with Gasteiger partial charge in [-0.05, 0) is 65.1 Å². The zero-order chi connectivity index (χ0) is 23.4. The Kier molecular flexibility index (Phi) is 7.45. The van der Waals surface area contributed by atoms with Gasteiger partial charge < -0.3 is 19.9 Å². The summed E-state index contributed by atoms with van der Waals surface area (Å²) in [6, 6.07) is 13.5. The molecule has 1 fully saturated rings. The number of carbonyl (C=O) groups is 1. The molecule has 33 heavy (non-hydrogen) atoms. The molecule has 2 heterocycles. The maximum atomic E-state index is 14.7. The summed E-state index contributed by atoms with van der Waals surface area (Å²) in [5.74, 6) is -3.60. The molecule has 2 N–H and O–H groups in total. The van der Waals surface area contributed by atoms with E-state index in [1.165, 1.54) is 12.1 Å². The van der Waals surface area contributed by atoms with E-state index in [4.69, 9.17) is 9.47 Å². The second-order valence-electron chi connectivity index (χ2n) is 7.91. The van der Waals surface area contributed by atoms with Crippen molar-refractivity contribution in [2.24, 2.45) is 0 Å². The van der Waals surface area contributed by atoms with E-state index in [1.807, 2.05) is 34.0 Å². The number of nitrogens with zero attached hydrogens (tertiary/aromatic N) is 2. The van der Waals surface area contributed by atoms with Crippen LogP contribution in [0.2, 0.25) is 0 Å². The van der Waals surface area contributed by atoms with Gasteiger partial charge in [0, 0.05) is 12.0 Å². The Morgan fingerprint density at radius 3 is 2.82 bits per heavy atom. The molecule has 2 aromatic carbocycles. The normalized spacial score (nSPS) is 17.6. The van der Waals surface area contributed by atoms with Gasteiger partial charge in [-0.3, -0.25) is 0 Å². The van der Waals surface area contributed by atoms with Crippen molar-refractivity contribution in [3.63, 3.8) is 0 Å². The van der Waals surface area contributed by atoms with Gasteiger partial charge in [-0.2, -0.15) is 5.10 Å². The van der Waals surface area contributed by atoms with Crippen LogP contribution >= 0.6 is 22.6 Å². The Morgan fingerprint density at radius 1 is 1.30 bits per heavy atom. The quantitative estimate of drug-likeness (QED) is 0.393. The largest absolute Gasteiger partial charge is 0.445 e. The average Bonchev–Trinajstić information content (AvgIpc) is 3.18. The predicted octanol–water partition coefficient (Wildman–Crippen LogP) is 4.94. The Hall–Kier alpha value is -2.31. The molecule has 1 aromatic heterocycles. The number of aliphatic hydroxyl groups is 1. The molecule has 0 radical (unpaired) electrons. The summed E-state index contributed by atoms with van der Waals surface area (Å²) in [5, 5.41) is 17.6. The number of alkyl halides is 2. The second-order valence-corrected chi connectivity index (χ2v) is 8.93. The Morgan fingerprint density at radius 2 is 2.09 bits per heavy atom. The molecule has 0 saturated carbocycles. The van der Waals surface area contributed by atoms with E-state index in [0.717, 1.165) is 30.3 Å². The van der Waals surface area contributed by atoms with Crippen molar-refractivity contribution in [1.29, 1.82) is 0 Å². The van der Waals surface area contributed by atoms with Gasteiger partial charge in [-0.1, -0.05) is 36.4 Å². The van der Waals surface area contributed by atoms with Crippen LogP contribution in [-0.4, -0.2) is 40.1 Å². The van der Waals surface area contributed by atoms with E-state index >= 15 is 0 Å². The van der Waals surface area contributed by atoms with Gasteiger partial charge in [0.2, 0.25) is 0 Å². The topological polar surface area (TPSA) is 85.6 Å². The predicted molar refractivity (Wildman–Crippen MR) is 126 cm³/mol. The van der Waals surface area contributed by atoms with Crippen molar-refractivity contribution in [3.8, 4) is 0 Å². The standard InChI is InChI=1S/C23H24F2IN3O4/c24-23(25,14-27-22(31)33-13-15-6-2-1-3-7-15)20(30)16-9-10-18-17(12-16)21(26)28-29(18)19-8-4-5-11-32-19/h1-3,6-7,9-10,12,19-20,30H,4-5,8,11,13-14H2,(H,27,31). The van der Waals surface area contributed by atoms with Gasteiger partial charge in [0.1, 0.15) is 16.4 Å². The number of rotatable bonds is 7. The summed E-state index contributed by atoms with van der Waals surface area (Å²) >= 11 is 2.05. The first-order valence-electron chi connectivity index (χ1n) is 10.6. The van der Waals surface area contributed by atoms with Gasteiger partial charge in [0.15, 0.2) is 6.23 Å². The summed E-state index contributed by atoms with van der Waals surface area (Å²) in [5.41, 5.74) is 1.53. The molecule has 176 valence electrons. The average molecular weight is 571 g/mol. The molecule has 0 aliphatic carbocycles. The lowest BCUT2D eigenvalue weighted by atomic mass is 10.0. The number of ether oxygens (including phenoxy) is 2. The zero-order valence-corrected chi connectivity index (χ0v) is 19.9. The van der Waals surface area contributed by atoms with Crippen LogP contribution in [0.1, 0.15) is 42.7 Å². The first-order valence-corrected chi connectivity index (χ1v) is 11.7. The molecule has 10 heteroatoms. The number of aliphatic hydroxyl groups excluding tert-OH is 1. The van der Waals surface area contributed by atoms with E-state index in [9.17, 15) is 18.7 Å². The molecule has 0 spiro atoms. The van der Waals surface area contributed by atoms with Gasteiger partial charge in [0.25, 0.3) is 5.92 Å². The molecule has 1 amide bonds. The number of hydrogen-bond acceptors (Lipinski definition) is 5. The van der Waals surface area contributed by atoms with Crippen molar-refractivity contribution >= 4 is 39.6 Å². The number of carbonyl (C=O) groups excluding carboxylic acids is 1. The van der Waals surface area contributed by atoms with Crippen LogP contribution < -0.4 is 5.32 Å². The summed E-state index contributed by atoms with van der Waals surface area (Å²) in [4.78, 5) is 11.8. The van der Waals surface area contributed by atoms with Crippen molar-refractivity contribution in [3.05, 3.63) is 63.4 Å². The molecule has 4 rings (SSSR count). The van der Waals surface area contributed by atoms with Crippen LogP contribution in [0.3, 0.4) is 0 Å². The monoisotopic (exact) mass is 571 g/mol. The fourth-order valence-corrected chi connectivity index (χ4v) is 4.40.